The Labute approximate surface area is 152 Å². The number of allylic oxidation sites excluding steroid dienone is 1. The van der Waals surface area contributed by atoms with Crippen molar-refractivity contribution in [1.82, 2.24) is 9.55 Å². The first-order chi connectivity index (χ1) is 12.3. The molecular formula is C22H32N2O. The Hall–Kier alpha value is -2.03. The molecule has 1 aromatic heterocycles. The largest absolute Gasteiger partial charge is 0.493 e. The Bertz CT molecular complexity index is 604. The van der Waals surface area contributed by atoms with Crippen LogP contribution in [0.2, 0.25) is 0 Å². The van der Waals surface area contributed by atoms with Gasteiger partial charge < -0.3 is 9.30 Å². The molecule has 3 heteroatoms. The van der Waals surface area contributed by atoms with E-state index < -0.39 is 0 Å². The van der Waals surface area contributed by atoms with Crippen molar-refractivity contribution >= 4 is 5.57 Å². The number of para-hydroxylation sites is 1. The third-order valence-corrected chi connectivity index (χ3v) is 4.46. The summed E-state index contributed by atoms with van der Waals surface area (Å²) in [5.41, 5.74) is 2.14. The number of ether oxygens (including phenoxy) is 1. The van der Waals surface area contributed by atoms with Crippen LogP contribution in [0.1, 0.15) is 63.9 Å². The van der Waals surface area contributed by atoms with Gasteiger partial charge in [0.15, 0.2) is 0 Å². The second-order valence-electron chi connectivity index (χ2n) is 6.66. The summed E-state index contributed by atoms with van der Waals surface area (Å²) in [6.45, 7) is 8.00. The maximum Gasteiger partial charge on any atom is 0.126 e. The molecule has 0 bridgehead atoms. The van der Waals surface area contributed by atoms with Crippen molar-refractivity contribution in [3.8, 4) is 5.75 Å². The molecule has 1 aromatic carbocycles. The van der Waals surface area contributed by atoms with Gasteiger partial charge in [0.05, 0.1) is 12.9 Å². The minimum absolute atomic E-state index is 0.734. The second-order valence-corrected chi connectivity index (χ2v) is 6.66. The van der Waals surface area contributed by atoms with E-state index in [1.54, 1.807) is 6.20 Å². The molecule has 0 aliphatic heterocycles. The lowest BCUT2D eigenvalue weighted by molar-refractivity contribution is 0.303. The minimum Gasteiger partial charge on any atom is -0.493 e. The molecule has 0 N–H and O–H groups in total. The van der Waals surface area contributed by atoms with Gasteiger partial charge in [0.1, 0.15) is 5.75 Å². The third kappa shape index (κ3) is 7.16. The van der Waals surface area contributed by atoms with Crippen molar-refractivity contribution in [3.05, 3.63) is 55.1 Å². The predicted octanol–water partition coefficient (Wildman–Crippen LogP) is 6.12. The number of hydrogen-bond donors (Lipinski definition) is 0. The molecule has 0 atom stereocenters. The monoisotopic (exact) mass is 340 g/mol. The van der Waals surface area contributed by atoms with Crippen LogP contribution >= 0.6 is 0 Å². The SMILES string of the molecule is C=C(Cn1ccnc1)c1ccccc1OCCCCCCCCCC. The first-order valence-corrected chi connectivity index (χ1v) is 9.67. The standard InChI is InChI=1S/C22H32N2O/c1-3-4-5-6-7-8-9-12-17-25-22-14-11-10-13-21(22)20(2)18-24-16-15-23-19-24/h10-11,13-16,19H,2-9,12,17-18H2,1H3. The molecule has 1 heterocycles. The van der Waals surface area contributed by atoms with E-state index >= 15 is 0 Å². The topological polar surface area (TPSA) is 27.1 Å². The van der Waals surface area contributed by atoms with Crippen LogP contribution in [0.4, 0.5) is 0 Å². The molecule has 2 aromatic rings. The number of aromatic nitrogens is 2. The lowest BCUT2D eigenvalue weighted by atomic mass is 10.1. The molecule has 0 aliphatic rings. The van der Waals surface area contributed by atoms with Gasteiger partial charge in [0, 0.05) is 24.5 Å². The van der Waals surface area contributed by atoms with Gasteiger partial charge in [-0.2, -0.15) is 0 Å². The van der Waals surface area contributed by atoms with Gasteiger partial charge >= 0.3 is 0 Å². The van der Waals surface area contributed by atoms with Crippen LogP contribution in [0.5, 0.6) is 5.75 Å². The summed E-state index contributed by atoms with van der Waals surface area (Å²) in [4.78, 5) is 4.08. The highest BCUT2D eigenvalue weighted by Crippen LogP contribution is 2.26. The zero-order valence-corrected chi connectivity index (χ0v) is 15.6. The van der Waals surface area contributed by atoms with Gasteiger partial charge in [-0.25, -0.2) is 4.98 Å². The smallest absolute Gasteiger partial charge is 0.126 e. The highest BCUT2D eigenvalue weighted by molar-refractivity contribution is 5.68. The van der Waals surface area contributed by atoms with E-state index in [-0.39, 0.29) is 0 Å². The Morgan fingerprint density at radius 2 is 1.76 bits per heavy atom. The minimum atomic E-state index is 0.734. The number of imidazole rings is 1. The zero-order chi connectivity index (χ0) is 17.7. The Balaban J connectivity index is 1.70. The van der Waals surface area contributed by atoms with E-state index in [1.807, 2.05) is 35.3 Å². The van der Waals surface area contributed by atoms with Gasteiger partial charge in [-0.15, -0.1) is 0 Å². The Morgan fingerprint density at radius 3 is 2.48 bits per heavy atom. The van der Waals surface area contributed by atoms with Crippen molar-refractivity contribution in [3.63, 3.8) is 0 Å². The van der Waals surface area contributed by atoms with E-state index in [1.165, 1.54) is 44.9 Å². The van der Waals surface area contributed by atoms with Crippen molar-refractivity contribution in [2.45, 2.75) is 64.8 Å². The lowest BCUT2D eigenvalue weighted by Gasteiger charge is -2.14. The Kier molecular flexibility index (Phi) is 8.89. The maximum atomic E-state index is 6.04. The fraction of sp³-hybridized carbons (Fsp3) is 0.500. The molecule has 0 saturated carbocycles. The number of nitrogens with zero attached hydrogens (tertiary/aromatic N) is 2. The fourth-order valence-electron chi connectivity index (χ4n) is 2.99. The molecule has 0 saturated heterocycles. The van der Waals surface area contributed by atoms with E-state index in [0.717, 1.165) is 36.5 Å². The number of rotatable bonds is 13. The van der Waals surface area contributed by atoms with E-state index in [0.29, 0.717) is 0 Å². The lowest BCUT2D eigenvalue weighted by Crippen LogP contribution is -2.02. The van der Waals surface area contributed by atoms with Crippen LogP contribution in [0.3, 0.4) is 0 Å². The Morgan fingerprint density at radius 1 is 1.04 bits per heavy atom. The summed E-state index contributed by atoms with van der Waals surface area (Å²) in [6.07, 6.45) is 16.1. The van der Waals surface area contributed by atoms with E-state index in [4.69, 9.17) is 4.74 Å². The fourth-order valence-corrected chi connectivity index (χ4v) is 2.99. The molecule has 25 heavy (non-hydrogen) atoms. The molecule has 136 valence electrons. The summed E-state index contributed by atoms with van der Waals surface area (Å²) in [6, 6.07) is 8.19. The zero-order valence-electron chi connectivity index (χ0n) is 15.6. The van der Waals surface area contributed by atoms with E-state index in [2.05, 4.69) is 24.6 Å². The summed E-state index contributed by atoms with van der Waals surface area (Å²) in [5.74, 6) is 0.940. The van der Waals surface area contributed by atoms with Crippen LogP contribution in [0, 0.1) is 0 Å². The van der Waals surface area contributed by atoms with Crippen molar-refractivity contribution in [1.29, 1.82) is 0 Å². The molecule has 0 fully saturated rings. The first kappa shape index (κ1) is 19.3. The van der Waals surface area contributed by atoms with Gasteiger partial charge in [-0.3, -0.25) is 0 Å². The van der Waals surface area contributed by atoms with E-state index in [9.17, 15) is 0 Å². The van der Waals surface area contributed by atoms with Gasteiger partial charge in [-0.05, 0) is 18.1 Å². The van der Waals surface area contributed by atoms with Crippen LogP contribution < -0.4 is 4.74 Å². The molecular weight excluding hydrogens is 308 g/mol. The molecule has 0 aliphatic carbocycles. The molecule has 0 radical (unpaired) electrons. The van der Waals surface area contributed by atoms with Crippen LogP contribution in [0.15, 0.2) is 49.6 Å². The number of benzene rings is 1. The maximum absolute atomic E-state index is 6.04. The highest BCUT2D eigenvalue weighted by Gasteiger charge is 2.07. The average molecular weight is 341 g/mol. The molecule has 0 unspecified atom stereocenters. The average Bonchev–Trinajstić information content (AvgIpc) is 3.13. The van der Waals surface area contributed by atoms with Gasteiger partial charge in [0.25, 0.3) is 0 Å². The molecule has 0 spiro atoms. The quantitative estimate of drug-likeness (QED) is 0.411. The first-order valence-electron chi connectivity index (χ1n) is 9.67. The van der Waals surface area contributed by atoms with Crippen LogP contribution in [-0.4, -0.2) is 16.2 Å². The molecule has 0 amide bonds. The summed E-state index contributed by atoms with van der Waals surface area (Å²) >= 11 is 0. The summed E-state index contributed by atoms with van der Waals surface area (Å²) in [7, 11) is 0. The van der Waals surface area contributed by atoms with Crippen molar-refractivity contribution in [2.75, 3.05) is 6.61 Å². The second kappa shape index (κ2) is 11.5. The summed E-state index contributed by atoms with van der Waals surface area (Å²) in [5, 5.41) is 0. The van der Waals surface area contributed by atoms with Crippen LogP contribution in [-0.2, 0) is 6.54 Å². The highest BCUT2D eigenvalue weighted by atomic mass is 16.5. The number of unbranched alkanes of at least 4 members (excludes halogenated alkanes) is 7. The normalized spacial score (nSPS) is 10.8. The summed E-state index contributed by atoms with van der Waals surface area (Å²) < 4.78 is 8.06. The third-order valence-electron chi connectivity index (χ3n) is 4.46. The number of hydrogen-bond acceptors (Lipinski definition) is 2. The van der Waals surface area contributed by atoms with Crippen LogP contribution in [0.25, 0.3) is 5.57 Å². The van der Waals surface area contributed by atoms with Gasteiger partial charge in [-0.1, -0.05) is 76.6 Å². The molecule has 2 rings (SSSR count). The van der Waals surface area contributed by atoms with Crippen molar-refractivity contribution in [2.24, 2.45) is 0 Å². The van der Waals surface area contributed by atoms with Gasteiger partial charge in [0.2, 0.25) is 0 Å². The van der Waals surface area contributed by atoms with Crippen molar-refractivity contribution < 1.29 is 4.74 Å². The molecule has 3 nitrogen and oxygen atoms in total. The predicted molar refractivity (Wildman–Crippen MR) is 106 cm³/mol.